The molecule has 2 nitrogen and oxygen atoms in total. The molecule has 0 radical (unpaired) electrons. The van der Waals surface area contributed by atoms with Crippen molar-refractivity contribution in [1.29, 1.82) is 0 Å². The summed E-state index contributed by atoms with van der Waals surface area (Å²) in [6, 6.07) is 9.21. The van der Waals surface area contributed by atoms with Crippen LogP contribution in [0.25, 0.3) is 0 Å². The lowest BCUT2D eigenvalue weighted by Crippen LogP contribution is -2.23. The van der Waals surface area contributed by atoms with Gasteiger partial charge >= 0.3 is 5.97 Å². The van der Waals surface area contributed by atoms with Crippen LogP contribution in [-0.2, 0) is 22.4 Å². The fourth-order valence-electron chi connectivity index (χ4n) is 3.50. The van der Waals surface area contributed by atoms with Crippen LogP contribution in [-0.4, -0.2) is 12.6 Å². The SMILES string of the molecule is CCCCc1ccc(CCCCCCCC2CCCOC2=O)cc1. The van der Waals surface area contributed by atoms with Gasteiger partial charge in [-0.3, -0.25) is 4.79 Å². The van der Waals surface area contributed by atoms with Crippen molar-refractivity contribution in [2.75, 3.05) is 6.61 Å². The first-order valence-corrected chi connectivity index (χ1v) is 10.0. The molecule has 2 rings (SSSR count). The maximum atomic E-state index is 11.6. The molecule has 1 aromatic carbocycles. The van der Waals surface area contributed by atoms with Gasteiger partial charge in [-0.05, 0) is 56.1 Å². The van der Waals surface area contributed by atoms with E-state index in [9.17, 15) is 4.79 Å². The Hall–Kier alpha value is -1.31. The second-order valence-corrected chi connectivity index (χ2v) is 7.23. The summed E-state index contributed by atoms with van der Waals surface area (Å²) >= 11 is 0. The predicted octanol–water partition coefficient (Wildman–Crippen LogP) is 5.87. The van der Waals surface area contributed by atoms with E-state index in [1.807, 2.05) is 0 Å². The van der Waals surface area contributed by atoms with Crippen LogP contribution in [0.5, 0.6) is 0 Å². The van der Waals surface area contributed by atoms with E-state index in [-0.39, 0.29) is 11.9 Å². The van der Waals surface area contributed by atoms with Crippen LogP contribution in [0, 0.1) is 5.92 Å². The van der Waals surface area contributed by atoms with Crippen LogP contribution in [0.4, 0.5) is 0 Å². The van der Waals surface area contributed by atoms with Crippen LogP contribution in [0.3, 0.4) is 0 Å². The molecule has 0 aromatic heterocycles. The molecule has 1 aliphatic rings. The molecule has 0 amide bonds. The van der Waals surface area contributed by atoms with E-state index in [2.05, 4.69) is 31.2 Å². The van der Waals surface area contributed by atoms with E-state index in [4.69, 9.17) is 4.74 Å². The number of ether oxygens (including phenoxy) is 1. The number of hydrogen-bond donors (Lipinski definition) is 0. The van der Waals surface area contributed by atoms with Crippen molar-refractivity contribution in [3.05, 3.63) is 35.4 Å². The molecule has 2 heteroatoms. The standard InChI is InChI=1S/C22H34O2/c1-2-3-10-19-14-16-20(17-15-19)11-7-5-4-6-8-12-21-13-9-18-24-22(21)23/h14-17,21H,2-13,18H2,1H3. The molecule has 1 atom stereocenters. The van der Waals surface area contributed by atoms with Gasteiger partial charge in [-0.1, -0.05) is 63.3 Å². The minimum atomic E-state index is 0.0450. The van der Waals surface area contributed by atoms with Crippen LogP contribution in [0.2, 0.25) is 0 Å². The molecule has 1 aromatic rings. The molecular weight excluding hydrogens is 296 g/mol. The van der Waals surface area contributed by atoms with Crippen LogP contribution in [0.15, 0.2) is 24.3 Å². The fraction of sp³-hybridized carbons (Fsp3) is 0.682. The second-order valence-electron chi connectivity index (χ2n) is 7.23. The second kappa shape index (κ2) is 11.3. The van der Waals surface area contributed by atoms with Gasteiger partial charge in [0.15, 0.2) is 0 Å². The molecule has 134 valence electrons. The molecule has 1 aliphatic heterocycles. The third-order valence-electron chi connectivity index (χ3n) is 5.13. The van der Waals surface area contributed by atoms with Gasteiger partial charge in [0.1, 0.15) is 0 Å². The Morgan fingerprint density at radius 3 is 2.21 bits per heavy atom. The molecule has 0 N–H and O–H groups in total. The summed E-state index contributed by atoms with van der Waals surface area (Å²) in [7, 11) is 0. The topological polar surface area (TPSA) is 26.3 Å². The lowest BCUT2D eigenvalue weighted by atomic mass is 9.94. The zero-order valence-electron chi connectivity index (χ0n) is 15.4. The van der Waals surface area contributed by atoms with Gasteiger partial charge in [0.05, 0.1) is 12.5 Å². The summed E-state index contributed by atoms with van der Waals surface area (Å²) in [5.41, 5.74) is 2.95. The first kappa shape index (κ1) is 19.0. The number of carbonyl (C=O) groups is 1. The number of cyclic esters (lactones) is 1. The maximum absolute atomic E-state index is 11.6. The number of benzene rings is 1. The summed E-state index contributed by atoms with van der Waals surface area (Å²) in [5, 5.41) is 0. The Balaban J connectivity index is 1.49. The van der Waals surface area contributed by atoms with Crippen LogP contribution in [0.1, 0.15) is 82.3 Å². The van der Waals surface area contributed by atoms with Gasteiger partial charge in [0.25, 0.3) is 0 Å². The highest BCUT2D eigenvalue weighted by Crippen LogP contribution is 2.22. The zero-order valence-corrected chi connectivity index (χ0v) is 15.4. The molecule has 1 heterocycles. The first-order chi connectivity index (χ1) is 11.8. The number of rotatable bonds is 11. The zero-order chi connectivity index (χ0) is 17.0. The smallest absolute Gasteiger partial charge is 0.308 e. The van der Waals surface area contributed by atoms with Gasteiger partial charge in [0, 0.05) is 0 Å². The summed E-state index contributed by atoms with van der Waals surface area (Å²) < 4.78 is 5.13. The van der Waals surface area contributed by atoms with Crippen molar-refractivity contribution in [2.24, 2.45) is 5.92 Å². The average Bonchev–Trinajstić information content (AvgIpc) is 2.61. The number of unbranched alkanes of at least 4 members (excludes halogenated alkanes) is 5. The lowest BCUT2D eigenvalue weighted by molar-refractivity contribution is -0.153. The van der Waals surface area contributed by atoms with Crippen LogP contribution >= 0.6 is 0 Å². The Kier molecular flexibility index (Phi) is 8.94. The lowest BCUT2D eigenvalue weighted by Gasteiger charge is -2.20. The molecule has 24 heavy (non-hydrogen) atoms. The first-order valence-electron chi connectivity index (χ1n) is 10.0. The van der Waals surface area contributed by atoms with E-state index < -0.39 is 0 Å². The van der Waals surface area contributed by atoms with E-state index in [1.165, 1.54) is 68.9 Å². The largest absolute Gasteiger partial charge is 0.465 e. The summed E-state index contributed by atoms with van der Waals surface area (Å²) in [6.07, 6.45) is 14.4. The minimum absolute atomic E-state index is 0.0450. The molecule has 0 aliphatic carbocycles. The number of aryl methyl sites for hydroxylation is 2. The average molecular weight is 331 g/mol. The van der Waals surface area contributed by atoms with Crippen molar-refractivity contribution in [1.82, 2.24) is 0 Å². The highest BCUT2D eigenvalue weighted by molar-refractivity contribution is 5.72. The fourth-order valence-corrected chi connectivity index (χ4v) is 3.50. The normalized spacial score (nSPS) is 17.7. The van der Waals surface area contributed by atoms with Crippen molar-refractivity contribution in [3.63, 3.8) is 0 Å². The van der Waals surface area contributed by atoms with Gasteiger partial charge in [-0.25, -0.2) is 0 Å². The van der Waals surface area contributed by atoms with Gasteiger partial charge in [0.2, 0.25) is 0 Å². The molecule has 1 saturated heterocycles. The Labute approximate surface area is 148 Å². The highest BCUT2D eigenvalue weighted by Gasteiger charge is 2.22. The third kappa shape index (κ3) is 7.07. The summed E-state index contributed by atoms with van der Waals surface area (Å²) in [6.45, 7) is 2.88. The third-order valence-corrected chi connectivity index (χ3v) is 5.13. The van der Waals surface area contributed by atoms with E-state index in [1.54, 1.807) is 0 Å². The monoisotopic (exact) mass is 330 g/mol. The molecule has 0 spiro atoms. The predicted molar refractivity (Wildman–Crippen MR) is 100 cm³/mol. The van der Waals surface area contributed by atoms with E-state index in [0.717, 1.165) is 19.3 Å². The number of esters is 1. The molecule has 1 fully saturated rings. The quantitative estimate of drug-likeness (QED) is 0.375. The van der Waals surface area contributed by atoms with Gasteiger partial charge < -0.3 is 4.74 Å². The maximum Gasteiger partial charge on any atom is 0.308 e. The van der Waals surface area contributed by atoms with Gasteiger partial charge in [-0.15, -0.1) is 0 Å². The molecule has 0 bridgehead atoms. The molecule has 0 saturated carbocycles. The highest BCUT2D eigenvalue weighted by atomic mass is 16.5. The molecule has 1 unspecified atom stereocenters. The van der Waals surface area contributed by atoms with Crippen molar-refractivity contribution in [3.8, 4) is 0 Å². The Morgan fingerprint density at radius 2 is 1.54 bits per heavy atom. The minimum Gasteiger partial charge on any atom is -0.465 e. The Bertz CT molecular complexity index is 463. The summed E-state index contributed by atoms with van der Waals surface area (Å²) in [5.74, 6) is 0.230. The Morgan fingerprint density at radius 1 is 0.917 bits per heavy atom. The number of carbonyl (C=O) groups excluding carboxylic acids is 1. The van der Waals surface area contributed by atoms with Crippen LogP contribution < -0.4 is 0 Å². The van der Waals surface area contributed by atoms with E-state index >= 15 is 0 Å². The van der Waals surface area contributed by atoms with E-state index in [0.29, 0.717) is 6.61 Å². The summed E-state index contributed by atoms with van der Waals surface area (Å²) in [4.78, 5) is 11.6. The molecular formula is C22H34O2. The number of hydrogen-bond acceptors (Lipinski definition) is 2. The van der Waals surface area contributed by atoms with Gasteiger partial charge in [-0.2, -0.15) is 0 Å². The van der Waals surface area contributed by atoms with Crippen molar-refractivity contribution < 1.29 is 9.53 Å². The van der Waals surface area contributed by atoms with Crippen molar-refractivity contribution in [2.45, 2.75) is 84.0 Å². The van der Waals surface area contributed by atoms with Crippen molar-refractivity contribution >= 4 is 5.97 Å².